The summed E-state index contributed by atoms with van der Waals surface area (Å²) in [7, 11) is 0. The van der Waals surface area contributed by atoms with Crippen molar-refractivity contribution >= 4 is 93.1 Å². The molecule has 14 rings (SSSR count). The Morgan fingerprint density at radius 3 is 1.42 bits per heavy atom. The lowest BCUT2D eigenvalue weighted by Crippen LogP contribution is -2.09. The van der Waals surface area contributed by atoms with Crippen LogP contribution in [0, 0.1) is 0 Å². The van der Waals surface area contributed by atoms with Crippen molar-refractivity contribution in [1.29, 1.82) is 0 Å². The van der Waals surface area contributed by atoms with Crippen molar-refractivity contribution in [2.75, 3.05) is 4.90 Å². The second kappa shape index (κ2) is 15.7. The zero-order valence-corrected chi connectivity index (χ0v) is 37.6. The Hall–Kier alpha value is -9.18. The zero-order valence-electron chi connectivity index (χ0n) is 37.6. The Morgan fingerprint density at radius 2 is 0.739 bits per heavy atom. The number of furan rings is 1. The molecule has 2 aromatic heterocycles. The topological polar surface area (TPSA) is 21.3 Å². The molecule has 3 nitrogen and oxygen atoms in total. The molecule has 0 fully saturated rings. The molecule has 0 bridgehead atoms. The standard InChI is InChI=1S/C66H42N2O/c1-3-14-56-47(10-1)24-25-51-40-50(31-37-57(51)56)45-22-20-43(21-23-45)44-26-32-52(33-27-44)67(55-36-39-61-62-38-30-48-11-2-4-15-58(48)66(62)69-65(61)42-55)53-34-28-46(29-35-53)49-12-9-13-54(41-49)68-63-18-7-5-16-59(63)60-17-6-8-19-64(60)68/h1-42H. The van der Waals surface area contributed by atoms with Crippen LogP contribution in [-0.2, 0) is 0 Å². The first-order valence-corrected chi connectivity index (χ1v) is 23.6. The largest absolute Gasteiger partial charge is 0.455 e. The summed E-state index contributed by atoms with van der Waals surface area (Å²) in [4.78, 5) is 2.33. The van der Waals surface area contributed by atoms with Crippen LogP contribution in [0.25, 0.3) is 115 Å². The van der Waals surface area contributed by atoms with Gasteiger partial charge in [0.2, 0.25) is 0 Å². The number of anilines is 3. The lowest BCUT2D eigenvalue weighted by molar-refractivity contribution is 0.672. The van der Waals surface area contributed by atoms with Crippen molar-refractivity contribution in [3.63, 3.8) is 0 Å². The maximum Gasteiger partial charge on any atom is 0.143 e. The fourth-order valence-electron chi connectivity index (χ4n) is 10.8. The highest BCUT2D eigenvalue weighted by molar-refractivity contribution is 6.16. The van der Waals surface area contributed by atoms with E-state index in [9.17, 15) is 0 Å². The first-order chi connectivity index (χ1) is 34.2. The summed E-state index contributed by atoms with van der Waals surface area (Å²) >= 11 is 0. The lowest BCUT2D eigenvalue weighted by atomic mass is 9.96. The molecule has 2 heterocycles. The molecule has 0 N–H and O–H groups in total. The van der Waals surface area contributed by atoms with Crippen molar-refractivity contribution < 1.29 is 4.42 Å². The van der Waals surface area contributed by atoms with Gasteiger partial charge in [-0.3, -0.25) is 0 Å². The molecule has 0 amide bonds. The van der Waals surface area contributed by atoms with E-state index >= 15 is 0 Å². The molecule has 12 aromatic carbocycles. The van der Waals surface area contributed by atoms with Crippen LogP contribution in [0.2, 0.25) is 0 Å². The Balaban J connectivity index is 0.823. The zero-order chi connectivity index (χ0) is 45.4. The second-order valence-electron chi connectivity index (χ2n) is 18.1. The van der Waals surface area contributed by atoms with E-state index in [0.29, 0.717) is 0 Å². The van der Waals surface area contributed by atoms with Gasteiger partial charge in [0.25, 0.3) is 0 Å². The SMILES string of the molecule is c1cc(-c2ccc(N(c3ccc(-c4ccc(-c5ccc6c(ccc7ccccc76)c5)cc4)cc3)c3ccc4c(c3)oc3c5ccccc5ccc43)cc2)cc(-n2c3ccccc3c3ccccc32)c1. The number of aromatic nitrogens is 1. The molecule has 0 aliphatic heterocycles. The van der Waals surface area contributed by atoms with Crippen LogP contribution in [0.4, 0.5) is 17.1 Å². The van der Waals surface area contributed by atoms with Crippen LogP contribution in [-0.4, -0.2) is 4.57 Å². The van der Waals surface area contributed by atoms with Gasteiger partial charge in [-0.05, 0) is 133 Å². The van der Waals surface area contributed by atoms with E-state index in [-0.39, 0.29) is 0 Å². The van der Waals surface area contributed by atoms with Gasteiger partial charge in [0.15, 0.2) is 0 Å². The molecule has 0 atom stereocenters. The highest BCUT2D eigenvalue weighted by Gasteiger charge is 2.18. The van der Waals surface area contributed by atoms with Crippen molar-refractivity contribution in [1.82, 2.24) is 4.57 Å². The summed E-state index contributed by atoms with van der Waals surface area (Å²) in [6.45, 7) is 0. The molecule has 0 aliphatic carbocycles. The average Bonchev–Trinajstić information content (AvgIpc) is 3.97. The number of fused-ring (bicyclic) bond motifs is 11. The molecule has 322 valence electrons. The minimum atomic E-state index is 0.860. The number of nitrogens with zero attached hydrogens (tertiary/aromatic N) is 2. The van der Waals surface area contributed by atoms with E-state index in [1.54, 1.807) is 0 Å². The Labute approximate surface area is 399 Å². The number of para-hydroxylation sites is 2. The van der Waals surface area contributed by atoms with Crippen LogP contribution in [0.3, 0.4) is 0 Å². The quantitative estimate of drug-likeness (QED) is 0.149. The van der Waals surface area contributed by atoms with E-state index in [4.69, 9.17) is 4.42 Å². The van der Waals surface area contributed by atoms with Gasteiger partial charge in [-0.15, -0.1) is 0 Å². The molecule has 69 heavy (non-hydrogen) atoms. The average molecular weight is 879 g/mol. The predicted octanol–water partition coefficient (Wildman–Crippen LogP) is 18.6. The molecule has 14 aromatic rings. The van der Waals surface area contributed by atoms with Crippen molar-refractivity contribution in [3.8, 4) is 39.1 Å². The van der Waals surface area contributed by atoms with E-state index in [2.05, 4.69) is 264 Å². The van der Waals surface area contributed by atoms with E-state index < -0.39 is 0 Å². The third-order valence-corrected chi connectivity index (χ3v) is 14.2. The third-order valence-electron chi connectivity index (χ3n) is 14.2. The van der Waals surface area contributed by atoms with Gasteiger partial charge in [-0.25, -0.2) is 0 Å². The second-order valence-corrected chi connectivity index (χ2v) is 18.1. The summed E-state index contributed by atoms with van der Waals surface area (Å²) in [6.07, 6.45) is 0. The van der Waals surface area contributed by atoms with Gasteiger partial charge in [0.1, 0.15) is 11.2 Å². The molecule has 0 saturated heterocycles. The molecule has 0 radical (unpaired) electrons. The van der Waals surface area contributed by atoms with Crippen LogP contribution in [0.5, 0.6) is 0 Å². The first kappa shape index (κ1) is 39.0. The molecular weight excluding hydrogens is 837 g/mol. The van der Waals surface area contributed by atoms with Gasteiger partial charge < -0.3 is 13.9 Å². The van der Waals surface area contributed by atoms with Gasteiger partial charge in [-0.2, -0.15) is 0 Å². The van der Waals surface area contributed by atoms with Crippen LogP contribution in [0.15, 0.2) is 259 Å². The molecule has 0 aliphatic rings. The maximum atomic E-state index is 6.73. The Morgan fingerprint density at radius 1 is 0.275 bits per heavy atom. The molecule has 0 saturated carbocycles. The molecule has 3 heteroatoms. The molecule has 0 unspecified atom stereocenters. The van der Waals surface area contributed by atoms with Crippen LogP contribution in [0.1, 0.15) is 0 Å². The minimum Gasteiger partial charge on any atom is -0.455 e. The monoisotopic (exact) mass is 878 g/mol. The van der Waals surface area contributed by atoms with Crippen LogP contribution < -0.4 is 4.90 Å². The summed E-state index contributed by atoms with van der Waals surface area (Å²) < 4.78 is 9.11. The summed E-state index contributed by atoms with van der Waals surface area (Å²) in [5, 5.41) is 12.1. The third kappa shape index (κ3) is 6.51. The van der Waals surface area contributed by atoms with Crippen LogP contribution >= 0.6 is 0 Å². The smallest absolute Gasteiger partial charge is 0.143 e. The normalized spacial score (nSPS) is 11.8. The van der Waals surface area contributed by atoms with E-state index in [1.807, 2.05) is 0 Å². The molecular formula is C66H42N2O. The summed E-state index contributed by atoms with van der Waals surface area (Å²) in [6, 6.07) is 92.4. The first-order valence-electron chi connectivity index (χ1n) is 23.6. The van der Waals surface area contributed by atoms with Crippen molar-refractivity contribution in [2.45, 2.75) is 0 Å². The van der Waals surface area contributed by atoms with Crippen molar-refractivity contribution in [3.05, 3.63) is 255 Å². The minimum absolute atomic E-state index is 0.860. The van der Waals surface area contributed by atoms with Gasteiger partial charge in [0, 0.05) is 55.7 Å². The van der Waals surface area contributed by atoms with Crippen molar-refractivity contribution in [2.24, 2.45) is 0 Å². The van der Waals surface area contributed by atoms with E-state index in [1.165, 1.54) is 65.4 Å². The Kier molecular flexibility index (Phi) is 8.90. The number of rotatable bonds is 7. The summed E-state index contributed by atoms with van der Waals surface area (Å²) in [5.41, 5.74) is 15.5. The van der Waals surface area contributed by atoms with Gasteiger partial charge in [-0.1, -0.05) is 176 Å². The summed E-state index contributed by atoms with van der Waals surface area (Å²) in [5.74, 6) is 0. The predicted molar refractivity (Wildman–Crippen MR) is 292 cm³/mol. The highest BCUT2D eigenvalue weighted by atomic mass is 16.3. The number of benzene rings is 12. The highest BCUT2D eigenvalue weighted by Crippen LogP contribution is 2.42. The molecule has 0 spiro atoms. The fraction of sp³-hybridized carbons (Fsp3) is 0. The number of hydrogen-bond acceptors (Lipinski definition) is 2. The fourth-order valence-corrected chi connectivity index (χ4v) is 10.8. The van der Waals surface area contributed by atoms with Gasteiger partial charge in [0.05, 0.1) is 11.0 Å². The number of hydrogen-bond donors (Lipinski definition) is 0. The lowest BCUT2D eigenvalue weighted by Gasteiger charge is -2.26. The van der Waals surface area contributed by atoms with E-state index in [0.717, 1.165) is 66.8 Å². The Bertz CT molecular complexity index is 4240. The van der Waals surface area contributed by atoms with Gasteiger partial charge >= 0.3 is 0 Å². The maximum absolute atomic E-state index is 6.73.